The number of aromatic nitrogens is 3. The fourth-order valence-corrected chi connectivity index (χ4v) is 3.71. The predicted octanol–water partition coefficient (Wildman–Crippen LogP) is 3.86. The normalized spacial score (nSPS) is 10.8. The highest BCUT2D eigenvalue weighted by Crippen LogP contribution is 2.26. The first-order valence-corrected chi connectivity index (χ1v) is 10.2. The minimum Gasteiger partial charge on any atom is -0.355 e. The summed E-state index contributed by atoms with van der Waals surface area (Å²) in [7, 11) is 0. The summed E-state index contributed by atoms with van der Waals surface area (Å²) in [5.41, 5.74) is 3.18. The van der Waals surface area contributed by atoms with Crippen LogP contribution in [0.4, 0.5) is 4.39 Å². The van der Waals surface area contributed by atoms with Crippen molar-refractivity contribution in [1.29, 1.82) is 0 Å². The lowest BCUT2D eigenvalue weighted by Crippen LogP contribution is -2.27. The third-order valence-electron chi connectivity index (χ3n) is 4.40. The van der Waals surface area contributed by atoms with Gasteiger partial charge in [0.25, 0.3) is 0 Å². The second-order valence-electron chi connectivity index (χ2n) is 6.38. The largest absolute Gasteiger partial charge is 0.355 e. The lowest BCUT2D eigenvalue weighted by Gasteiger charge is -2.09. The summed E-state index contributed by atoms with van der Waals surface area (Å²) in [6.07, 6.45) is 0.666. The van der Waals surface area contributed by atoms with Crippen LogP contribution in [0.5, 0.6) is 0 Å². The molecular formula is C21H23FN4OS. The van der Waals surface area contributed by atoms with Gasteiger partial charge in [-0.15, -0.1) is 10.2 Å². The minimum atomic E-state index is -0.255. The van der Waals surface area contributed by atoms with Crippen LogP contribution in [0.2, 0.25) is 0 Å². The molecule has 0 unspecified atom stereocenters. The van der Waals surface area contributed by atoms with Gasteiger partial charge in [0, 0.05) is 18.7 Å². The molecule has 0 saturated heterocycles. The second-order valence-corrected chi connectivity index (χ2v) is 7.32. The maximum Gasteiger partial charge on any atom is 0.230 e. The van der Waals surface area contributed by atoms with Crippen LogP contribution in [0.25, 0.3) is 11.4 Å². The van der Waals surface area contributed by atoms with Crippen molar-refractivity contribution in [2.24, 2.45) is 0 Å². The fraction of sp³-hybridized carbons (Fsp3) is 0.286. The number of hydrogen-bond donors (Lipinski definition) is 1. The van der Waals surface area contributed by atoms with E-state index in [9.17, 15) is 9.18 Å². The van der Waals surface area contributed by atoms with Crippen molar-refractivity contribution in [1.82, 2.24) is 20.1 Å². The molecule has 1 amide bonds. The van der Waals surface area contributed by atoms with Gasteiger partial charge in [0.2, 0.25) is 5.91 Å². The summed E-state index contributed by atoms with van der Waals surface area (Å²) in [5.74, 6) is 0.777. The zero-order valence-corrected chi connectivity index (χ0v) is 16.8. The summed E-state index contributed by atoms with van der Waals surface area (Å²) in [6.45, 7) is 5.33. The molecule has 5 nitrogen and oxygen atoms in total. The van der Waals surface area contributed by atoms with E-state index >= 15 is 0 Å². The average molecular weight is 399 g/mol. The van der Waals surface area contributed by atoms with Crippen LogP contribution < -0.4 is 5.32 Å². The van der Waals surface area contributed by atoms with Crippen LogP contribution >= 0.6 is 11.8 Å². The molecule has 0 aliphatic heterocycles. The van der Waals surface area contributed by atoms with Crippen molar-refractivity contribution < 1.29 is 9.18 Å². The molecule has 0 spiro atoms. The Hall–Kier alpha value is -2.67. The summed E-state index contributed by atoms with van der Waals surface area (Å²) in [5, 5.41) is 12.2. The van der Waals surface area contributed by atoms with E-state index in [0.717, 1.165) is 34.2 Å². The Morgan fingerprint density at radius 3 is 2.61 bits per heavy atom. The zero-order valence-electron chi connectivity index (χ0n) is 16.0. The lowest BCUT2D eigenvalue weighted by atomic mass is 10.1. The summed E-state index contributed by atoms with van der Waals surface area (Å²) < 4.78 is 14.9. The van der Waals surface area contributed by atoms with Gasteiger partial charge in [-0.2, -0.15) is 0 Å². The van der Waals surface area contributed by atoms with Gasteiger partial charge in [0.05, 0.1) is 5.75 Å². The van der Waals surface area contributed by atoms with Crippen LogP contribution in [0.3, 0.4) is 0 Å². The number of carbonyl (C=O) groups excluding carboxylic acids is 1. The average Bonchev–Trinajstić information content (AvgIpc) is 3.11. The first kappa shape index (κ1) is 20.1. The molecule has 28 heavy (non-hydrogen) atoms. The molecular weight excluding hydrogens is 375 g/mol. The van der Waals surface area contributed by atoms with E-state index in [1.54, 1.807) is 12.1 Å². The highest BCUT2D eigenvalue weighted by atomic mass is 32.2. The SMILES string of the molecule is CCn1c(SCC(=O)NCCc2ccc(F)cc2)nnc1-c1ccccc1C. The molecule has 0 fully saturated rings. The number of carbonyl (C=O) groups is 1. The highest BCUT2D eigenvalue weighted by molar-refractivity contribution is 7.99. The lowest BCUT2D eigenvalue weighted by molar-refractivity contribution is -0.118. The van der Waals surface area contributed by atoms with Crippen molar-refractivity contribution in [3.63, 3.8) is 0 Å². The molecule has 1 aromatic heterocycles. The monoisotopic (exact) mass is 398 g/mol. The Kier molecular flexibility index (Phi) is 6.81. The first-order chi connectivity index (χ1) is 13.6. The van der Waals surface area contributed by atoms with E-state index in [4.69, 9.17) is 0 Å². The fourth-order valence-electron chi connectivity index (χ4n) is 2.88. The van der Waals surface area contributed by atoms with Gasteiger partial charge in [0.15, 0.2) is 11.0 Å². The van der Waals surface area contributed by atoms with Gasteiger partial charge in [-0.3, -0.25) is 4.79 Å². The summed E-state index contributed by atoms with van der Waals surface area (Å²) in [4.78, 5) is 12.1. The van der Waals surface area contributed by atoms with Crippen molar-refractivity contribution in [3.05, 3.63) is 65.5 Å². The molecule has 0 aliphatic carbocycles. The number of rotatable bonds is 8. The van der Waals surface area contributed by atoms with Gasteiger partial charge in [0.1, 0.15) is 5.82 Å². The molecule has 0 saturated carbocycles. The molecule has 3 rings (SSSR count). The van der Waals surface area contributed by atoms with E-state index in [1.807, 2.05) is 42.7 Å². The molecule has 0 radical (unpaired) electrons. The third kappa shape index (κ3) is 4.98. The molecule has 0 bridgehead atoms. The molecule has 2 aromatic carbocycles. The van der Waals surface area contributed by atoms with E-state index in [2.05, 4.69) is 15.5 Å². The molecule has 1 N–H and O–H groups in total. The first-order valence-electron chi connectivity index (χ1n) is 9.21. The van der Waals surface area contributed by atoms with E-state index < -0.39 is 0 Å². The molecule has 0 atom stereocenters. The Morgan fingerprint density at radius 2 is 1.89 bits per heavy atom. The maximum atomic E-state index is 12.9. The minimum absolute atomic E-state index is 0.0600. The number of hydrogen-bond acceptors (Lipinski definition) is 4. The Balaban J connectivity index is 1.55. The number of thioether (sulfide) groups is 1. The standard InChI is InChI=1S/C21H23FN4OS/c1-3-26-20(18-7-5-4-6-15(18)2)24-25-21(26)28-14-19(27)23-13-12-16-8-10-17(22)11-9-16/h4-11H,3,12-14H2,1-2H3,(H,23,27). The molecule has 7 heteroatoms. The summed E-state index contributed by atoms with van der Waals surface area (Å²) >= 11 is 1.38. The molecule has 146 valence electrons. The maximum absolute atomic E-state index is 12.9. The van der Waals surface area contributed by atoms with E-state index in [0.29, 0.717) is 13.0 Å². The van der Waals surface area contributed by atoms with Crippen LogP contribution in [0.15, 0.2) is 53.7 Å². The quantitative estimate of drug-likeness (QED) is 0.586. The van der Waals surface area contributed by atoms with Crippen LogP contribution in [0.1, 0.15) is 18.1 Å². The number of aryl methyl sites for hydroxylation is 1. The van der Waals surface area contributed by atoms with Gasteiger partial charge in [-0.1, -0.05) is 48.2 Å². The summed E-state index contributed by atoms with van der Waals surface area (Å²) in [6, 6.07) is 14.4. The second kappa shape index (κ2) is 9.50. The van der Waals surface area contributed by atoms with Gasteiger partial charge >= 0.3 is 0 Å². The van der Waals surface area contributed by atoms with Crippen molar-refractivity contribution in [2.75, 3.05) is 12.3 Å². The number of amides is 1. The molecule has 3 aromatic rings. The highest BCUT2D eigenvalue weighted by Gasteiger charge is 2.15. The molecule has 1 heterocycles. The third-order valence-corrected chi connectivity index (χ3v) is 5.37. The van der Waals surface area contributed by atoms with E-state index in [1.165, 1.54) is 23.9 Å². The Bertz CT molecular complexity index is 940. The molecule has 0 aliphatic rings. The topological polar surface area (TPSA) is 59.8 Å². The van der Waals surface area contributed by atoms with E-state index in [-0.39, 0.29) is 17.5 Å². The smallest absolute Gasteiger partial charge is 0.230 e. The number of benzene rings is 2. The van der Waals surface area contributed by atoms with Crippen molar-refractivity contribution in [2.45, 2.75) is 32.0 Å². The number of halogens is 1. The van der Waals surface area contributed by atoms with Gasteiger partial charge in [-0.05, 0) is 43.5 Å². The van der Waals surface area contributed by atoms with Crippen LogP contribution in [0, 0.1) is 12.7 Å². The predicted molar refractivity (Wildman–Crippen MR) is 110 cm³/mol. The number of nitrogens with zero attached hydrogens (tertiary/aromatic N) is 3. The van der Waals surface area contributed by atoms with Crippen molar-refractivity contribution >= 4 is 17.7 Å². The van der Waals surface area contributed by atoms with Crippen LogP contribution in [-0.4, -0.2) is 33.0 Å². The van der Waals surface area contributed by atoms with Crippen molar-refractivity contribution in [3.8, 4) is 11.4 Å². The Morgan fingerprint density at radius 1 is 1.14 bits per heavy atom. The van der Waals surface area contributed by atoms with Gasteiger partial charge in [-0.25, -0.2) is 4.39 Å². The Labute approximate surface area is 168 Å². The zero-order chi connectivity index (χ0) is 19.9. The van der Waals surface area contributed by atoms with Crippen LogP contribution in [-0.2, 0) is 17.8 Å². The number of nitrogens with one attached hydrogen (secondary N) is 1. The van der Waals surface area contributed by atoms with Gasteiger partial charge < -0.3 is 9.88 Å².